The van der Waals surface area contributed by atoms with Crippen LogP contribution in [0.1, 0.15) is 24.8 Å². The van der Waals surface area contributed by atoms with Crippen LogP contribution in [0.5, 0.6) is 5.75 Å². The molecule has 0 bridgehead atoms. The molecule has 4 heterocycles. The van der Waals surface area contributed by atoms with E-state index in [0.29, 0.717) is 46.1 Å². The van der Waals surface area contributed by atoms with Crippen LogP contribution in [0.25, 0.3) is 28.2 Å². The van der Waals surface area contributed by atoms with E-state index in [4.69, 9.17) is 20.2 Å². The number of pyridine rings is 1. The van der Waals surface area contributed by atoms with Crippen molar-refractivity contribution in [2.45, 2.75) is 31.4 Å². The van der Waals surface area contributed by atoms with Crippen molar-refractivity contribution in [1.82, 2.24) is 14.5 Å². The molecule has 9 nitrogen and oxygen atoms in total. The molecule has 0 spiro atoms. The number of ether oxygens (including phenoxy) is 2. The van der Waals surface area contributed by atoms with Crippen LogP contribution in [-0.4, -0.2) is 67.1 Å². The molecule has 6 rings (SSSR count). The van der Waals surface area contributed by atoms with Gasteiger partial charge >= 0.3 is 0 Å². The number of rotatable bonds is 6. The minimum absolute atomic E-state index is 0.0745. The van der Waals surface area contributed by atoms with Crippen molar-refractivity contribution >= 4 is 22.5 Å². The molecule has 2 saturated heterocycles. The highest BCUT2D eigenvalue weighted by Gasteiger charge is 2.27. The number of aromatic nitrogens is 3. The summed E-state index contributed by atoms with van der Waals surface area (Å²) in [4.78, 5) is 14.1. The van der Waals surface area contributed by atoms with Crippen LogP contribution < -0.4 is 20.3 Å². The molecule has 0 saturated carbocycles. The summed E-state index contributed by atoms with van der Waals surface area (Å²) in [5.41, 5.74) is 10.6. The molecule has 40 heavy (non-hydrogen) atoms. The summed E-state index contributed by atoms with van der Waals surface area (Å²) in [7, 11) is 3.25. The Labute approximate surface area is 232 Å². The number of fused-ring (bicyclic) bond motifs is 1. The molecule has 2 N–H and O–H groups in total. The van der Waals surface area contributed by atoms with E-state index in [-0.39, 0.29) is 12.1 Å². The molecule has 2 atom stereocenters. The molecule has 2 aromatic heterocycles. The van der Waals surface area contributed by atoms with Crippen LogP contribution in [0, 0.1) is 17.1 Å². The number of anilines is 2. The zero-order valence-corrected chi connectivity index (χ0v) is 22.7. The van der Waals surface area contributed by atoms with E-state index in [1.165, 1.54) is 0 Å². The van der Waals surface area contributed by atoms with E-state index >= 15 is 4.39 Å². The van der Waals surface area contributed by atoms with E-state index in [1.807, 2.05) is 12.1 Å². The number of hydrogen-bond acceptors (Lipinski definition) is 8. The first-order chi connectivity index (χ1) is 19.5. The topological polar surface area (TPSA) is 105 Å². The van der Waals surface area contributed by atoms with Crippen molar-refractivity contribution in [3.05, 3.63) is 60.0 Å². The Balaban J connectivity index is 1.54. The zero-order chi connectivity index (χ0) is 27.8. The summed E-state index contributed by atoms with van der Waals surface area (Å²) in [6.45, 7) is 3.10. The number of nitriles is 1. The summed E-state index contributed by atoms with van der Waals surface area (Å²) in [6, 6.07) is 14.6. The lowest BCUT2D eigenvalue weighted by Crippen LogP contribution is -2.42. The third-order valence-corrected chi connectivity index (χ3v) is 7.91. The van der Waals surface area contributed by atoms with Gasteiger partial charge < -0.3 is 25.0 Å². The van der Waals surface area contributed by atoms with Gasteiger partial charge in [-0.25, -0.2) is 14.4 Å². The molecule has 2 aliphatic rings. The zero-order valence-electron chi connectivity index (χ0n) is 22.7. The maximum absolute atomic E-state index is 16.0. The number of imidazole rings is 1. The molecule has 0 unspecified atom stereocenters. The standard InChI is InChI=1S/C30H32FN7O2/c1-39-22-10-13-36(18-22)21-6-8-25(24(31)15-21)38-29(23-7-5-19(16-32)14-27(23)40-2)35-28-26(9-11-34-30(28)38)37-12-3-4-20(33)17-37/h5-9,11,14-15,20,22H,3-4,10,12-13,17-18,33H2,1-2H3/t20-,22+/m1/s1. The Hall–Kier alpha value is -4.20. The van der Waals surface area contributed by atoms with Gasteiger partial charge in [-0.1, -0.05) is 0 Å². The number of benzene rings is 2. The van der Waals surface area contributed by atoms with Gasteiger partial charge in [-0.15, -0.1) is 0 Å². The second-order valence-corrected chi connectivity index (χ2v) is 10.4. The molecular weight excluding hydrogens is 509 g/mol. The number of halogens is 1. The first kappa shape index (κ1) is 26.0. The highest BCUT2D eigenvalue weighted by molar-refractivity contribution is 5.91. The summed E-state index contributed by atoms with van der Waals surface area (Å²) in [5.74, 6) is 0.556. The Morgan fingerprint density at radius 3 is 2.62 bits per heavy atom. The first-order valence-corrected chi connectivity index (χ1v) is 13.5. The van der Waals surface area contributed by atoms with Gasteiger partial charge in [0, 0.05) is 51.2 Å². The summed E-state index contributed by atoms with van der Waals surface area (Å²) in [5, 5.41) is 9.44. The van der Waals surface area contributed by atoms with Crippen molar-refractivity contribution in [1.29, 1.82) is 5.26 Å². The molecule has 2 aromatic carbocycles. The van der Waals surface area contributed by atoms with Crippen molar-refractivity contribution in [2.75, 3.05) is 50.2 Å². The smallest absolute Gasteiger partial charge is 0.167 e. The van der Waals surface area contributed by atoms with Gasteiger partial charge in [0.2, 0.25) is 0 Å². The van der Waals surface area contributed by atoms with Gasteiger partial charge in [-0.2, -0.15) is 5.26 Å². The lowest BCUT2D eigenvalue weighted by molar-refractivity contribution is 0.121. The fourth-order valence-corrected chi connectivity index (χ4v) is 5.83. The monoisotopic (exact) mass is 541 g/mol. The molecule has 0 aliphatic carbocycles. The molecule has 0 amide bonds. The van der Waals surface area contributed by atoms with Crippen LogP contribution in [0.3, 0.4) is 0 Å². The largest absolute Gasteiger partial charge is 0.496 e. The highest BCUT2D eigenvalue weighted by atomic mass is 19.1. The van der Waals surface area contributed by atoms with Crippen LogP contribution >= 0.6 is 0 Å². The lowest BCUT2D eigenvalue weighted by Gasteiger charge is -2.32. The van der Waals surface area contributed by atoms with Gasteiger partial charge in [0.05, 0.1) is 41.8 Å². The third kappa shape index (κ3) is 4.61. The highest BCUT2D eigenvalue weighted by Crippen LogP contribution is 2.38. The second kappa shape index (κ2) is 10.8. The van der Waals surface area contributed by atoms with Gasteiger partial charge in [-0.05, 0) is 61.7 Å². The molecule has 206 valence electrons. The third-order valence-electron chi connectivity index (χ3n) is 7.91. The number of nitrogens with zero attached hydrogens (tertiary/aromatic N) is 6. The maximum atomic E-state index is 16.0. The molecule has 4 aromatic rings. The minimum atomic E-state index is -0.390. The van der Waals surface area contributed by atoms with Crippen molar-refractivity contribution in [3.8, 4) is 28.9 Å². The van der Waals surface area contributed by atoms with Crippen LogP contribution in [0.2, 0.25) is 0 Å². The van der Waals surface area contributed by atoms with Gasteiger partial charge in [0.15, 0.2) is 11.5 Å². The van der Waals surface area contributed by atoms with Gasteiger partial charge in [-0.3, -0.25) is 4.57 Å². The quantitative estimate of drug-likeness (QED) is 0.386. The second-order valence-electron chi connectivity index (χ2n) is 10.4. The Morgan fingerprint density at radius 2 is 1.90 bits per heavy atom. The summed E-state index contributed by atoms with van der Waals surface area (Å²) in [6.07, 6.45) is 4.74. The number of hydrogen-bond donors (Lipinski definition) is 1. The predicted octanol–water partition coefficient (Wildman–Crippen LogP) is 4.26. The Morgan fingerprint density at radius 1 is 1.02 bits per heavy atom. The van der Waals surface area contributed by atoms with Crippen LogP contribution in [0.15, 0.2) is 48.7 Å². The Bertz CT molecular complexity index is 1600. The molecule has 2 fully saturated rings. The average Bonchev–Trinajstić information content (AvgIpc) is 3.62. The van der Waals surface area contributed by atoms with E-state index in [0.717, 1.165) is 50.3 Å². The van der Waals surface area contributed by atoms with E-state index in [2.05, 4.69) is 20.9 Å². The van der Waals surface area contributed by atoms with E-state index < -0.39 is 5.82 Å². The van der Waals surface area contributed by atoms with Crippen molar-refractivity contribution in [3.63, 3.8) is 0 Å². The predicted molar refractivity (Wildman–Crippen MR) is 153 cm³/mol. The fourth-order valence-electron chi connectivity index (χ4n) is 5.83. The minimum Gasteiger partial charge on any atom is -0.496 e. The normalized spacial score (nSPS) is 19.3. The number of piperidine rings is 1. The summed E-state index contributed by atoms with van der Waals surface area (Å²) < 4.78 is 28.9. The Kier molecular flexibility index (Phi) is 7.00. The maximum Gasteiger partial charge on any atom is 0.167 e. The van der Waals surface area contributed by atoms with Crippen LogP contribution in [-0.2, 0) is 4.74 Å². The van der Waals surface area contributed by atoms with Gasteiger partial charge in [0.25, 0.3) is 0 Å². The fraction of sp³-hybridized carbons (Fsp3) is 0.367. The van der Waals surface area contributed by atoms with E-state index in [1.54, 1.807) is 55.3 Å². The average molecular weight is 542 g/mol. The molecular formula is C30H32FN7O2. The molecule has 0 radical (unpaired) electrons. The molecule has 2 aliphatic heterocycles. The number of methoxy groups -OCH3 is 2. The van der Waals surface area contributed by atoms with E-state index in [9.17, 15) is 5.26 Å². The SMILES string of the molecule is COc1cc(C#N)ccc1-c1nc2c(N3CCC[C@@H](N)C3)ccnc2n1-c1ccc(N2CC[C@H](OC)C2)cc1F. The number of nitrogens with two attached hydrogens (primary N) is 1. The van der Waals surface area contributed by atoms with Crippen LogP contribution in [0.4, 0.5) is 15.8 Å². The van der Waals surface area contributed by atoms with Crippen molar-refractivity contribution < 1.29 is 13.9 Å². The summed E-state index contributed by atoms with van der Waals surface area (Å²) >= 11 is 0. The molecule has 10 heteroatoms. The lowest BCUT2D eigenvalue weighted by atomic mass is 10.1. The van der Waals surface area contributed by atoms with Crippen molar-refractivity contribution in [2.24, 2.45) is 5.73 Å². The van der Waals surface area contributed by atoms with Gasteiger partial charge in [0.1, 0.15) is 17.1 Å². The first-order valence-electron chi connectivity index (χ1n) is 13.5.